The van der Waals surface area contributed by atoms with E-state index in [0.29, 0.717) is 0 Å². The third kappa shape index (κ3) is 8.82. The fourth-order valence-electron chi connectivity index (χ4n) is 4.24. The first-order valence-corrected chi connectivity index (χ1v) is 12.4. The maximum atomic E-state index is 12.2. The van der Waals surface area contributed by atoms with Crippen molar-refractivity contribution in [3.05, 3.63) is 34.4 Å². The van der Waals surface area contributed by atoms with Crippen LogP contribution in [0.1, 0.15) is 34.6 Å². The number of ether oxygens (including phenoxy) is 6. The van der Waals surface area contributed by atoms with E-state index in [9.17, 15) is 44.3 Å². The summed E-state index contributed by atoms with van der Waals surface area (Å²) in [6.45, 7) is 3.32. The van der Waals surface area contributed by atoms with Crippen molar-refractivity contribution < 1.29 is 67.5 Å². The number of hydrogen-bond acceptors (Lipinski definition) is 15. The molecule has 1 amide bonds. The van der Waals surface area contributed by atoms with Gasteiger partial charge in [0.1, 0.15) is 25.1 Å². The molecule has 1 heterocycles. The molecule has 0 radical (unpaired) electrons. The van der Waals surface area contributed by atoms with Crippen LogP contribution in [0.4, 0.5) is 5.69 Å². The van der Waals surface area contributed by atoms with E-state index in [0.717, 1.165) is 58.9 Å². The van der Waals surface area contributed by atoms with Crippen LogP contribution in [0.3, 0.4) is 0 Å². The number of amides is 1. The van der Waals surface area contributed by atoms with Gasteiger partial charge in [0, 0.05) is 46.8 Å². The first kappa shape index (κ1) is 33.9. The summed E-state index contributed by atoms with van der Waals surface area (Å²) in [5.41, 5.74) is -0.309. The van der Waals surface area contributed by atoms with E-state index in [1.165, 1.54) is 0 Å². The lowest BCUT2D eigenvalue weighted by Crippen LogP contribution is -2.75. The molecular weight excluding hydrogens is 568 g/mol. The number of aliphatic hydroxyl groups excluding tert-OH is 2. The van der Waals surface area contributed by atoms with Crippen LogP contribution in [0.15, 0.2) is 24.3 Å². The Kier molecular flexibility index (Phi) is 11.7. The summed E-state index contributed by atoms with van der Waals surface area (Å²) in [6, 6.07) is 2.85. The zero-order valence-electron chi connectivity index (χ0n) is 23.3. The van der Waals surface area contributed by atoms with Crippen molar-refractivity contribution in [3.8, 4) is 5.75 Å². The van der Waals surface area contributed by atoms with Gasteiger partial charge in [0.15, 0.2) is 24.4 Å². The highest BCUT2D eigenvalue weighted by Gasteiger charge is 2.61. The van der Waals surface area contributed by atoms with E-state index in [1.807, 2.05) is 0 Å². The summed E-state index contributed by atoms with van der Waals surface area (Å²) in [4.78, 5) is 70.4. The van der Waals surface area contributed by atoms with Gasteiger partial charge in [-0.15, -0.1) is 0 Å². The minimum atomic E-state index is -2.53. The molecular formula is C25H32N2O15. The summed E-state index contributed by atoms with van der Waals surface area (Å²) in [5.74, 6) is -7.01. The Morgan fingerprint density at radius 1 is 1.00 bits per heavy atom. The number of aliphatic hydroxyl groups is 2. The number of benzene rings is 1. The van der Waals surface area contributed by atoms with Gasteiger partial charge in [-0.2, -0.15) is 0 Å². The van der Waals surface area contributed by atoms with Gasteiger partial charge < -0.3 is 44.0 Å². The number of nitro groups is 1. The van der Waals surface area contributed by atoms with Crippen LogP contribution in [0.25, 0.3) is 0 Å². The Morgan fingerprint density at radius 3 is 2.05 bits per heavy atom. The van der Waals surface area contributed by atoms with Crippen molar-refractivity contribution >= 4 is 35.5 Å². The zero-order chi connectivity index (χ0) is 31.8. The second-order valence-electron chi connectivity index (χ2n) is 9.18. The van der Waals surface area contributed by atoms with Gasteiger partial charge in [0.25, 0.3) is 11.5 Å². The molecule has 1 aliphatic heterocycles. The SMILES string of the molecule is CC(=O)N[C@H]1[C@H]([C@H](OC(C)=O)[C@@H](COC(C)=O)OC(C)=O)O[C@](CO)(Oc2ccc([N+](=O)[O-])cc2)[C@@H](O)[C@@H]1OC(C)=O. The van der Waals surface area contributed by atoms with Crippen LogP contribution in [0.2, 0.25) is 0 Å². The van der Waals surface area contributed by atoms with Crippen molar-refractivity contribution in [2.45, 2.75) is 77.0 Å². The van der Waals surface area contributed by atoms with Crippen LogP contribution in [0, 0.1) is 10.1 Å². The van der Waals surface area contributed by atoms with E-state index < -0.39 is 90.3 Å². The standard InChI is InChI=1S/C25H32N2O15/c1-12(29)26-20-22(21(39-15(4)32)19(38-14(3)31)10-37-13(2)30)42-25(11-28,24(34)23(20)40-16(5)33)41-18-8-6-17(7-9-18)27(35)36/h6-9,19-24,28,34H,10-11H2,1-5H3,(H,26,29)/t19-,20+,21-,22-,23-,24+,25+/m1/s1. The Bertz CT molecular complexity index is 1170. The number of nitrogens with zero attached hydrogens (tertiary/aromatic N) is 1. The molecule has 7 atom stereocenters. The quantitative estimate of drug-likeness (QED) is 0.116. The lowest BCUT2D eigenvalue weighted by atomic mass is 9.86. The lowest BCUT2D eigenvalue weighted by molar-refractivity contribution is -0.385. The molecule has 1 aromatic rings. The van der Waals surface area contributed by atoms with Crippen LogP contribution >= 0.6 is 0 Å². The zero-order valence-corrected chi connectivity index (χ0v) is 23.3. The maximum absolute atomic E-state index is 12.2. The molecule has 0 bridgehead atoms. The van der Waals surface area contributed by atoms with Crippen molar-refractivity contribution in [1.82, 2.24) is 5.32 Å². The number of esters is 4. The van der Waals surface area contributed by atoms with Gasteiger partial charge in [0.2, 0.25) is 5.91 Å². The third-order valence-corrected chi connectivity index (χ3v) is 5.80. The minimum Gasteiger partial charge on any atom is -0.462 e. The number of hydrogen-bond donors (Lipinski definition) is 3. The van der Waals surface area contributed by atoms with E-state index in [1.54, 1.807) is 0 Å². The Morgan fingerprint density at radius 2 is 1.60 bits per heavy atom. The van der Waals surface area contributed by atoms with Crippen molar-refractivity contribution in [2.24, 2.45) is 0 Å². The highest BCUT2D eigenvalue weighted by molar-refractivity contribution is 5.74. The molecule has 0 aliphatic carbocycles. The van der Waals surface area contributed by atoms with Gasteiger partial charge in [-0.1, -0.05) is 0 Å². The second kappa shape index (κ2) is 14.5. The van der Waals surface area contributed by atoms with E-state index in [-0.39, 0.29) is 11.4 Å². The monoisotopic (exact) mass is 600 g/mol. The number of non-ortho nitro benzene ring substituents is 1. The molecule has 3 N–H and O–H groups in total. The molecule has 42 heavy (non-hydrogen) atoms. The topological polar surface area (TPSA) is 236 Å². The normalized spacial score (nSPS) is 24.7. The van der Waals surface area contributed by atoms with Gasteiger partial charge in [-0.25, -0.2) is 0 Å². The predicted molar refractivity (Wildman–Crippen MR) is 135 cm³/mol. The molecule has 2 rings (SSSR count). The van der Waals surface area contributed by atoms with Gasteiger partial charge in [-0.3, -0.25) is 34.1 Å². The highest BCUT2D eigenvalue weighted by Crippen LogP contribution is 2.37. The van der Waals surface area contributed by atoms with Crippen molar-refractivity contribution in [1.29, 1.82) is 0 Å². The molecule has 1 saturated heterocycles. The number of nitrogens with one attached hydrogen (secondary N) is 1. The van der Waals surface area contributed by atoms with Crippen LogP contribution in [0.5, 0.6) is 5.75 Å². The van der Waals surface area contributed by atoms with Crippen LogP contribution in [-0.4, -0.2) is 100 Å². The van der Waals surface area contributed by atoms with Crippen molar-refractivity contribution in [2.75, 3.05) is 13.2 Å². The smallest absolute Gasteiger partial charge is 0.303 e. The lowest BCUT2D eigenvalue weighted by Gasteiger charge is -2.51. The van der Waals surface area contributed by atoms with Crippen LogP contribution in [-0.2, 0) is 47.7 Å². The molecule has 0 saturated carbocycles. The van der Waals surface area contributed by atoms with Crippen molar-refractivity contribution in [3.63, 3.8) is 0 Å². The molecule has 0 spiro atoms. The number of rotatable bonds is 12. The number of carbonyl (C=O) groups is 5. The van der Waals surface area contributed by atoms with E-state index in [4.69, 9.17) is 28.4 Å². The molecule has 0 aromatic heterocycles. The first-order valence-electron chi connectivity index (χ1n) is 12.4. The first-order chi connectivity index (χ1) is 19.6. The third-order valence-electron chi connectivity index (χ3n) is 5.80. The van der Waals surface area contributed by atoms with E-state index >= 15 is 0 Å². The summed E-state index contributed by atoms with van der Waals surface area (Å²) < 4.78 is 32.7. The average Bonchev–Trinajstić information content (AvgIpc) is 2.88. The maximum Gasteiger partial charge on any atom is 0.303 e. The molecule has 232 valence electrons. The summed E-state index contributed by atoms with van der Waals surface area (Å²) in [7, 11) is 0. The summed E-state index contributed by atoms with van der Waals surface area (Å²) in [6.07, 6.45) is -8.84. The fourth-order valence-corrected chi connectivity index (χ4v) is 4.24. The number of nitro benzene ring substituents is 1. The molecule has 0 unspecified atom stereocenters. The fraction of sp³-hybridized carbons (Fsp3) is 0.560. The van der Waals surface area contributed by atoms with Gasteiger partial charge >= 0.3 is 23.9 Å². The van der Waals surface area contributed by atoms with Crippen LogP contribution < -0.4 is 10.1 Å². The number of carbonyl (C=O) groups excluding carboxylic acids is 5. The minimum absolute atomic E-state index is 0.160. The van der Waals surface area contributed by atoms with Gasteiger partial charge in [0.05, 0.1) is 11.0 Å². The molecule has 1 fully saturated rings. The molecule has 1 aromatic carbocycles. The van der Waals surface area contributed by atoms with E-state index in [2.05, 4.69) is 5.32 Å². The Hall–Kier alpha value is -4.35. The summed E-state index contributed by atoms with van der Waals surface area (Å²) >= 11 is 0. The Labute approximate surface area is 239 Å². The Balaban J connectivity index is 2.74. The highest BCUT2D eigenvalue weighted by atomic mass is 16.7. The molecule has 1 aliphatic rings. The van der Waals surface area contributed by atoms with Gasteiger partial charge in [-0.05, 0) is 12.1 Å². The summed E-state index contributed by atoms with van der Waals surface area (Å²) in [5, 5.41) is 35.3. The molecule has 17 nitrogen and oxygen atoms in total. The predicted octanol–water partition coefficient (Wildman–Crippen LogP) is -0.715. The molecule has 17 heteroatoms. The average molecular weight is 601 g/mol. The second-order valence-corrected chi connectivity index (χ2v) is 9.18. The largest absolute Gasteiger partial charge is 0.462 e.